The van der Waals surface area contributed by atoms with E-state index in [0.29, 0.717) is 31.9 Å². The summed E-state index contributed by atoms with van der Waals surface area (Å²) in [6.45, 7) is 9.84. The van der Waals surface area contributed by atoms with Crippen molar-refractivity contribution in [2.75, 3.05) is 19.8 Å². The van der Waals surface area contributed by atoms with Gasteiger partial charge in [0.05, 0.1) is 25.4 Å². The Kier molecular flexibility index (Phi) is 7.21. The van der Waals surface area contributed by atoms with Gasteiger partial charge in [-0.05, 0) is 32.0 Å². The van der Waals surface area contributed by atoms with Crippen LogP contribution in [-0.4, -0.2) is 41.0 Å². The Morgan fingerprint density at radius 3 is 2.81 bits per heavy atom. The van der Waals surface area contributed by atoms with Gasteiger partial charge in [-0.3, -0.25) is 9.48 Å². The fourth-order valence-electron chi connectivity index (χ4n) is 3.11. The lowest BCUT2D eigenvalue weighted by Gasteiger charge is -2.21. The van der Waals surface area contributed by atoms with E-state index in [1.54, 1.807) is 12.1 Å². The highest BCUT2D eigenvalue weighted by atomic mass is 16.5. The minimum Gasteiger partial charge on any atom is -0.507 e. The van der Waals surface area contributed by atoms with E-state index in [4.69, 9.17) is 9.47 Å². The average molecular weight is 360 g/mol. The second kappa shape index (κ2) is 9.38. The molecular formula is C20H28N2O4. The maximum atomic E-state index is 11.1. The van der Waals surface area contributed by atoms with E-state index in [1.807, 2.05) is 30.8 Å². The fourth-order valence-corrected chi connectivity index (χ4v) is 3.11. The quantitative estimate of drug-likeness (QED) is 0.793. The molecule has 142 valence electrons. The van der Waals surface area contributed by atoms with Crippen molar-refractivity contribution in [2.45, 2.75) is 39.7 Å². The molecule has 1 fully saturated rings. The third-order valence-electron chi connectivity index (χ3n) is 4.38. The molecule has 1 aromatic heterocycles. The van der Waals surface area contributed by atoms with Gasteiger partial charge in [0.2, 0.25) is 0 Å². The summed E-state index contributed by atoms with van der Waals surface area (Å²) >= 11 is 0. The van der Waals surface area contributed by atoms with Crippen molar-refractivity contribution >= 4 is 6.29 Å². The van der Waals surface area contributed by atoms with E-state index in [9.17, 15) is 9.90 Å². The van der Waals surface area contributed by atoms with Crippen LogP contribution < -0.4 is 4.74 Å². The third kappa shape index (κ3) is 4.25. The number of carbonyl (C=O) groups is 1. The number of carbonyl (C=O) groups excluding carboxylic acids is 1. The monoisotopic (exact) mass is 360 g/mol. The molecule has 2 atom stereocenters. The molecule has 0 aliphatic carbocycles. The number of rotatable bonds is 6. The molecule has 26 heavy (non-hydrogen) atoms. The van der Waals surface area contributed by atoms with Gasteiger partial charge < -0.3 is 14.6 Å². The van der Waals surface area contributed by atoms with Crippen molar-refractivity contribution in [3.63, 3.8) is 0 Å². The van der Waals surface area contributed by atoms with E-state index in [2.05, 4.69) is 18.9 Å². The van der Waals surface area contributed by atoms with Gasteiger partial charge in [0.1, 0.15) is 11.5 Å². The van der Waals surface area contributed by atoms with Crippen LogP contribution in [-0.2, 0) is 4.74 Å². The maximum absolute atomic E-state index is 11.1. The zero-order valence-electron chi connectivity index (χ0n) is 15.9. The first kappa shape index (κ1) is 20.0. The maximum Gasteiger partial charge on any atom is 0.157 e. The zero-order chi connectivity index (χ0) is 19.1. The fraction of sp³-hybridized carbons (Fsp3) is 0.500. The average Bonchev–Trinajstić information content (AvgIpc) is 3.30. The van der Waals surface area contributed by atoms with Crippen LogP contribution in [0.1, 0.15) is 55.7 Å². The molecule has 3 rings (SSSR count). The van der Waals surface area contributed by atoms with Crippen molar-refractivity contribution in [2.24, 2.45) is 5.92 Å². The topological polar surface area (TPSA) is 73.6 Å². The SMILES string of the molecule is CC.CC(C)n1nccc1C1COCC1COc1cccc(O)c1C=O. The summed E-state index contributed by atoms with van der Waals surface area (Å²) in [5.41, 5.74) is 1.32. The number of ether oxygens (including phenoxy) is 2. The highest BCUT2D eigenvalue weighted by molar-refractivity contribution is 5.83. The highest BCUT2D eigenvalue weighted by Gasteiger charge is 2.33. The minimum atomic E-state index is -0.0698. The molecule has 6 nitrogen and oxygen atoms in total. The van der Waals surface area contributed by atoms with Crippen molar-refractivity contribution in [3.05, 3.63) is 41.7 Å². The highest BCUT2D eigenvalue weighted by Crippen LogP contribution is 2.33. The van der Waals surface area contributed by atoms with Crippen LogP contribution in [0.5, 0.6) is 11.5 Å². The molecule has 2 heterocycles. The Bertz CT molecular complexity index is 712. The van der Waals surface area contributed by atoms with Crippen LogP contribution in [0.4, 0.5) is 0 Å². The van der Waals surface area contributed by atoms with Crippen LogP contribution >= 0.6 is 0 Å². The van der Waals surface area contributed by atoms with E-state index in [0.717, 1.165) is 5.69 Å². The van der Waals surface area contributed by atoms with Gasteiger partial charge in [-0.2, -0.15) is 5.10 Å². The summed E-state index contributed by atoms with van der Waals surface area (Å²) in [7, 11) is 0. The zero-order valence-corrected chi connectivity index (χ0v) is 15.9. The van der Waals surface area contributed by atoms with Gasteiger partial charge in [0, 0.05) is 29.8 Å². The standard InChI is InChI=1S/C18H22N2O4.C2H6/c1-12(2)20-16(6-7-19-20)15-11-23-9-13(15)10-24-18-5-3-4-17(22)14(18)8-21;1-2/h3-8,12-13,15,22H,9-11H2,1-2H3;1-2H3. The Labute approximate surface area is 154 Å². The van der Waals surface area contributed by atoms with Crippen LogP contribution in [0.2, 0.25) is 0 Å². The first-order chi connectivity index (χ1) is 12.6. The summed E-state index contributed by atoms with van der Waals surface area (Å²) in [6, 6.07) is 7.13. The molecule has 1 aromatic carbocycles. The van der Waals surface area contributed by atoms with Crippen molar-refractivity contribution in [3.8, 4) is 11.5 Å². The van der Waals surface area contributed by atoms with Crippen molar-refractivity contribution < 1.29 is 19.4 Å². The van der Waals surface area contributed by atoms with Gasteiger partial charge in [-0.25, -0.2) is 0 Å². The molecule has 1 saturated heterocycles. The molecule has 1 N–H and O–H groups in total. The Balaban J connectivity index is 0.00000117. The van der Waals surface area contributed by atoms with E-state index >= 15 is 0 Å². The normalized spacial score (nSPS) is 19.1. The number of hydrogen-bond donors (Lipinski definition) is 1. The number of aldehydes is 1. The number of phenols is 1. The number of phenolic OH excluding ortho intramolecular Hbond substituents is 1. The first-order valence-electron chi connectivity index (χ1n) is 9.13. The van der Waals surface area contributed by atoms with Crippen LogP contribution in [0.25, 0.3) is 0 Å². The lowest BCUT2D eigenvalue weighted by Crippen LogP contribution is -2.22. The molecule has 2 unspecified atom stereocenters. The lowest BCUT2D eigenvalue weighted by atomic mass is 9.93. The molecule has 0 radical (unpaired) electrons. The smallest absolute Gasteiger partial charge is 0.157 e. The summed E-state index contributed by atoms with van der Waals surface area (Å²) < 4.78 is 13.5. The molecule has 2 aromatic rings. The van der Waals surface area contributed by atoms with Crippen molar-refractivity contribution in [1.82, 2.24) is 9.78 Å². The molecule has 0 saturated carbocycles. The van der Waals surface area contributed by atoms with Crippen LogP contribution in [0, 0.1) is 5.92 Å². The van der Waals surface area contributed by atoms with Gasteiger partial charge in [0.25, 0.3) is 0 Å². The second-order valence-corrected chi connectivity index (χ2v) is 6.32. The summed E-state index contributed by atoms with van der Waals surface area (Å²) in [5, 5.41) is 14.1. The number of aromatic nitrogens is 2. The molecule has 0 bridgehead atoms. The summed E-state index contributed by atoms with van der Waals surface area (Å²) in [6.07, 6.45) is 2.42. The summed E-state index contributed by atoms with van der Waals surface area (Å²) in [4.78, 5) is 11.1. The molecule has 1 aliphatic heterocycles. The number of nitrogens with zero attached hydrogens (tertiary/aromatic N) is 2. The van der Waals surface area contributed by atoms with E-state index in [-0.39, 0.29) is 29.2 Å². The molecule has 0 amide bonds. The lowest BCUT2D eigenvalue weighted by molar-refractivity contribution is 0.111. The molecule has 1 aliphatic rings. The van der Waals surface area contributed by atoms with Gasteiger partial charge in [-0.1, -0.05) is 19.9 Å². The van der Waals surface area contributed by atoms with E-state index < -0.39 is 0 Å². The first-order valence-corrected chi connectivity index (χ1v) is 9.13. The summed E-state index contributed by atoms with van der Waals surface area (Å²) in [5.74, 6) is 0.695. The molecular weight excluding hydrogens is 332 g/mol. The Hall–Kier alpha value is -2.34. The van der Waals surface area contributed by atoms with Crippen molar-refractivity contribution in [1.29, 1.82) is 0 Å². The number of hydrogen-bond acceptors (Lipinski definition) is 5. The Morgan fingerprint density at radius 2 is 2.12 bits per heavy atom. The number of benzene rings is 1. The predicted octanol–water partition coefficient (Wildman–Crippen LogP) is 3.82. The Morgan fingerprint density at radius 1 is 1.35 bits per heavy atom. The predicted molar refractivity (Wildman–Crippen MR) is 100.0 cm³/mol. The van der Waals surface area contributed by atoms with E-state index in [1.165, 1.54) is 6.07 Å². The van der Waals surface area contributed by atoms with Gasteiger partial charge >= 0.3 is 0 Å². The second-order valence-electron chi connectivity index (χ2n) is 6.32. The van der Waals surface area contributed by atoms with Gasteiger partial charge in [0.15, 0.2) is 6.29 Å². The van der Waals surface area contributed by atoms with Crippen LogP contribution in [0.3, 0.4) is 0 Å². The molecule has 6 heteroatoms. The number of aromatic hydroxyl groups is 1. The van der Waals surface area contributed by atoms with Crippen LogP contribution in [0.15, 0.2) is 30.5 Å². The minimum absolute atomic E-state index is 0.0698. The molecule has 0 spiro atoms. The van der Waals surface area contributed by atoms with Gasteiger partial charge in [-0.15, -0.1) is 0 Å². The largest absolute Gasteiger partial charge is 0.507 e. The third-order valence-corrected chi connectivity index (χ3v) is 4.38.